The van der Waals surface area contributed by atoms with E-state index in [-0.39, 0.29) is 26.1 Å². The smallest absolute Gasteiger partial charge is 0.486 e. The summed E-state index contributed by atoms with van der Waals surface area (Å²) in [5, 5.41) is 4.54. The Kier molecular flexibility index (Phi) is 10.5. The van der Waals surface area contributed by atoms with Crippen LogP contribution in [0.3, 0.4) is 0 Å². The molecule has 0 saturated heterocycles. The number of benzene rings is 5. The third-order valence-corrected chi connectivity index (χ3v) is 9.86. The molecule has 7 heteroatoms. The summed E-state index contributed by atoms with van der Waals surface area (Å²) in [4.78, 5) is 4.86. The number of hydrogen-bond donors (Lipinski definition) is 0. The normalized spacial score (nSPS) is 17.2. The molecule has 5 nitrogen and oxygen atoms in total. The van der Waals surface area contributed by atoms with E-state index in [0.29, 0.717) is 12.5 Å². The summed E-state index contributed by atoms with van der Waals surface area (Å²) >= 11 is 0. The van der Waals surface area contributed by atoms with Crippen LogP contribution in [0.5, 0.6) is 11.5 Å². The largest absolute Gasteiger partial charge is 0.500 e. The molecule has 2 aliphatic heterocycles. The van der Waals surface area contributed by atoms with Gasteiger partial charge in [-0.05, 0) is 59.7 Å². The Bertz CT molecular complexity index is 1820. The summed E-state index contributed by atoms with van der Waals surface area (Å²) in [6, 6.07) is 34.8. The molecule has 0 bridgehead atoms. The second-order valence-electron chi connectivity index (χ2n) is 12.0. The van der Waals surface area contributed by atoms with Gasteiger partial charge in [-0.1, -0.05) is 91.7 Å². The number of aliphatic imine (C=N–C) groups is 1. The van der Waals surface area contributed by atoms with Gasteiger partial charge in [-0.2, -0.15) is 17.4 Å². The summed E-state index contributed by atoms with van der Waals surface area (Å²) < 4.78 is 25.7. The molecule has 2 heterocycles. The summed E-state index contributed by atoms with van der Waals surface area (Å²) in [6.45, 7) is 4.49. The van der Waals surface area contributed by atoms with Crippen LogP contribution < -0.4 is 9.05 Å². The SMILES string of the molecule is CC(C)(O[PH+]1Oc2ccc3ccccc3c2-c2c(ccc3ccccc23)O1)[C@@H]1COC(c2ccccc2)=N1.[C-]1=CCC[C-]=CCC1.[Ir]. The Morgan fingerprint density at radius 1 is 0.702 bits per heavy atom. The monoisotopic (exact) mass is 819 g/mol. The average molecular weight is 819 g/mol. The van der Waals surface area contributed by atoms with Crippen molar-refractivity contribution in [2.24, 2.45) is 4.99 Å². The Morgan fingerprint density at radius 2 is 1.23 bits per heavy atom. The summed E-state index contributed by atoms with van der Waals surface area (Å²) in [5.74, 6) is 2.17. The number of fused-ring (bicyclic) bond motifs is 7. The van der Waals surface area contributed by atoms with Crippen LogP contribution in [0.4, 0.5) is 0 Å². The van der Waals surface area contributed by atoms with E-state index in [4.69, 9.17) is 23.3 Å². The molecule has 47 heavy (non-hydrogen) atoms. The van der Waals surface area contributed by atoms with Crippen molar-refractivity contribution in [1.82, 2.24) is 0 Å². The number of allylic oxidation sites excluding steroid dienone is 4. The van der Waals surface area contributed by atoms with E-state index in [1.165, 1.54) is 0 Å². The van der Waals surface area contributed by atoms with Crippen LogP contribution >= 0.6 is 8.60 Å². The average Bonchev–Trinajstić information content (AvgIpc) is 3.51. The second kappa shape index (κ2) is 15.0. The summed E-state index contributed by atoms with van der Waals surface area (Å²) in [5.41, 5.74) is 2.35. The van der Waals surface area contributed by atoms with Gasteiger partial charge in [0.1, 0.15) is 18.2 Å². The summed E-state index contributed by atoms with van der Waals surface area (Å²) in [7, 11) is -2.24. The van der Waals surface area contributed by atoms with E-state index in [0.717, 1.165) is 75.4 Å². The number of rotatable bonds is 4. The third-order valence-electron chi connectivity index (χ3n) is 8.39. The molecule has 1 atom stereocenters. The topological polar surface area (TPSA) is 49.3 Å². The molecule has 5 aromatic rings. The molecular formula is C40H37IrNO4P-. The first-order valence-corrected chi connectivity index (χ1v) is 17.1. The molecular weight excluding hydrogens is 782 g/mol. The standard InChI is InChI=1S/C32H27NO4P.C8H10.Ir/c1-32(2,28-20-34-31(33-28)23-12-4-3-5-13-23)37-38-35-26-18-16-21-10-6-8-14-24(21)29(26)30-25-15-9-7-11-22(25)17-19-27(30)36-38;1-2-4-6-8-7-5-3-1;/h3-19,28,38H,20H2,1-2H3;1,8H,2,4-5,7H2;/q+1;-2;/t28-;;/m0../s1. The maximum absolute atomic E-state index is 6.64. The molecule has 0 unspecified atom stereocenters. The van der Waals surface area contributed by atoms with Crippen molar-refractivity contribution < 1.29 is 38.4 Å². The predicted octanol–water partition coefficient (Wildman–Crippen LogP) is 10.3. The van der Waals surface area contributed by atoms with E-state index < -0.39 is 14.2 Å². The van der Waals surface area contributed by atoms with Crippen molar-refractivity contribution in [3.63, 3.8) is 0 Å². The molecule has 0 spiro atoms. The van der Waals surface area contributed by atoms with Crippen LogP contribution in [-0.2, 0) is 29.4 Å². The Morgan fingerprint density at radius 3 is 1.81 bits per heavy atom. The van der Waals surface area contributed by atoms with E-state index in [1.807, 2.05) is 56.3 Å². The molecule has 3 aliphatic rings. The molecule has 0 aromatic heterocycles. The summed E-state index contributed by atoms with van der Waals surface area (Å²) in [6.07, 6.45) is 15.0. The first-order chi connectivity index (χ1) is 22.6. The maximum atomic E-state index is 6.64. The molecule has 5 aromatic carbocycles. The maximum Gasteiger partial charge on any atom is 0.486 e. The van der Waals surface area contributed by atoms with Gasteiger partial charge in [-0.15, -0.1) is 0 Å². The fourth-order valence-corrected chi connectivity index (χ4v) is 7.29. The van der Waals surface area contributed by atoms with Gasteiger partial charge in [0.05, 0.1) is 0 Å². The molecule has 0 N–H and O–H groups in total. The van der Waals surface area contributed by atoms with Gasteiger partial charge in [0.2, 0.25) is 5.90 Å². The van der Waals surface area contributed by atoms with Crippen molar-refractivity contribution in [2.45, 2.75) is 51.2 Å². The number of nitrogens with zero attached hydrogens (tertiary/aromatic N) is 1. The van der Waals surface area contributed by atoms with Crippen molar-refractivity contribution in [3.8, 4) is 22.6 Å². The van der Waals surface area contributed by atoms with E-state index in [9.17, 15) is 0 Å². The molecule has 241 valence electrons. The zero-order valence-electron chi connectivity index (χ0n) is 26.5. The minimum Gasteiger partial charge on any atom is -0.500 e. The molecule has 0 fully saturated rings. The van der Waals surface area contributed by atoms with Crippen LogP contribution in [-0.4, -0.2) is 24.1 Å². The van der Waals surface area contributed by atoms with Gasteiger partial charge < -0.3 is 16.9 Å². The van der Waals surface area contributed by atoms with Gasteiger partial charge in [0.25, 0.3) is 0 Å². The molecule has 0 saturated carbocycles. The first-order valence-electron chi connectivity index (χ1n) is 15.9. The van der Waals surface area contributed by atoms with Crippen LogP contribution in [0.2, 0.25) is 0 Å². The quantitative estimate of drug-likeness (QED) is 0.134. The first kappa shape index (κ1) is 33.1. The van der Waals surface area contributed by atoms with Crippen molar-refractivity contribution >= 4 is 36.0 Å². The second-order valence-corrected chi connectivity index (χ2v) is 13.1. The van der Waals surface area contributed by atoms with E-state index >= 15 is 0 Å². The van der Waals surface area contributed by atoms with Gasteiger partial charge in [-0.25, -0.2) is 4.99 Å². The Balaban J connectivity index is 0.000000378. The fraction of sp³-hybridized carbons (Fsp3) is 0.225. The minimum atomic E-state index is -2.24. The van der Waals surface area contributed by atoms with Gasteiger partial charge in [-0.3, -0.25) is 21.2 Å². The van der Waals surface area contributed by atoms with E-state index in [2.05, 4.69) is 85.0 Å². The molecule has 1 aliphatic carbocycles. The van der Waals surface area contributed by atoms with Gasteiger partial charge >= 0.3 is 8.60 Å². The minimum absolute atomic E-state index is 0. The van der Waals surface area contributed by atoms with Crippen molar-refractivity contribution in [3.05, 3.63) is 133 Å². The van der Waals surface area contributed by atoms with Crippen LogP contribution in [0.25, 0.3) is 32.7 Å². The predicted molar refractivity (Wildman–Crippen MR) is 188 cm³/mol. The van der Waals surface area contributed by atoms with Crippen LogP contribution in [0.1, 0.15) is 45.1 Å². The third kappa shape index (κ3) is 7.37. The van der Waals surface area contributed by atoms with E-state index in [1.54, 1.807) is 0 Å². The Hall–Kier alpha value is -3.79. The van der Waals surface area contributed by atoms with Gasteiger partial charge in [0, 0.05) is 36.8 Å². The van der Waals surface area contributed by atoms with Crippen LogP contribution in [0.15, 0.2) is 120 Å². The number of hydrogen-bond acceptors (Lipinski definition) is 5. The van der Waals surface area contributed by atoms with Crippen molar-refractivity contribution in [2.75, 3.05) is 6.61 Å². The van der Waals surface area contributed by atoms with Crippen molar-refractivity contribution in [1.29, 1.82) is 0 Å². The molecule has 8 rings (SSSR count). The Labute approximate surface area is 291 Å². The van der Waals surface area contributed by atoms with Gasteiger partial charge in [0.15, 0.2) is 11.5 Å². The number of ether oxygens (including phenoxy) is 1. The molecule has 0 amide bonds. The zero-order valence-corrected chi connectivity index (χ0v) is 29.9. The zero-order chi connectivity index (χ0) is 31.3. The fourth-order valence-electron chi connectivity index (χ4n) is 5.90. The van der Waals surface area contributed by atoms with Crippen LogP contribution in [0, 0.1) is 12.2 Å². The molecule has 1 radical (unpaired) electrons.